The summed E-state index contributed by atoms with van der Waals surface area (Å²) in [5.74, 6) is 1.34. The lowest BCUT2D eigenvalue weighted by Crippen LogP contribution is -2.26. The highest BCUT2D eigenvalue weighted by Crippen LogP contribution is 2.21. The first-order valence-corrected chi connectivity index (χ1v) is 3.35. The van der Waals surface area contributed by atoms with Gasteiger partial charge in [0.2, 0.25) is 0 Å². The minimum absolute atomic E-state index is 0.531. The fraction of sp³-hybridized carbons (Fsp3) is 0. The molecule has 2 rings (SSSR count). The number of hydroxylamine groups is 1. The molecule has 0 bridgehead atoms. The molecule has 0 atom stereocenters. The van der Waals surface area contributed by atoms with Crippen molar-refractivity contribution in [3.8, 4) is 5.75 Å². The van der Waals surface area contributed by atoms with Crippen LogP contribution in [0.5, 0.6) is 5.75 Å². The Bertz CT molecular complexity index is 307. The lowest BCUT2D eigenvalue weighted by molar-refractivity contribution is 0.223. The van der Waals surface area contributed by atoms with Crippen molar-refractivity contribution in [3.63, 3.8) is 0 Å². The standard InChI is InChI=1S/C8H8N2O/c9-8-5-6-3-1-2-4-7(6)11-10-8/h1-5,10H,9H2. The molecule has 56 valence electrons. The predicted octanol–water partition coefficient (Wildman–Crippen LogP) is 0.841. The van der Waals surface area contributed by atoms with Crippen LogP contribution in [0.1, 0.15) is 5.56 Å². The molecule has 1 aromatic rings. The molecular weight excluding hydrogens is 140 g/mol. The summed E-state index contributed by atoms with van der Waals surface area (Å²) in [6.07, 6.45) is 1.83. The number of rotatable bonds is 0. The quantitative estimate of drug-likeness (QED) is 0.573. The van der Waals surface area contributed by atoms with Crippen LogP contribution in [0.25, 0.3) is 6.08 Å². The molecule has 0 amide bonds. The Balaban J connectivity index is 2.51. The van der Waals surface area contributed by atoms with Gasteiger partial charge in [-0.2, -0.15) is 0 Å². The smallest absolute Gasteiger partial charge is 0.162 e. The molecule has 0 spiro atoms. The highest BCUT2D eigenvalue weighted by Gasteiger charge is 2.06. The first-order chi connectivity index (χ1) is 5.36. The third kappa shape index (κ3) is 1.00. The van der Waals surface area contributed by atoms with Crippen LogP contribution in [0.3, 0.4) is 0 Å². The Hall–Kier alpha value is -1.64. The van der Waals surface area contributed by atoms with Crippen LogP contribution in [0, 0.1) is 0 Å². The highest BCUT2D eigenvalue weighted by molar-refractivity contribution is 5.60. The van der Waals surface area contributed by atoms with Gasteiger partial charge >= 0.3 is 0 Å². The van der Waals surface area contributed by atoms with Crippen molar-refractivity contribution < 1.29 is 4.84 Å². The van der Waals surface area contributed by atoms with Gasteiger partial charge in [0.15, 0.2) is 5.75 Å². The molecule has 1 heterocycles. The molecule has 0 fully saturated rings. The number of fused-ring (bicyclic) bond motifs is 1. The minimum atomic E-state index is 0.531. The molecule has 0 aromatic heterocycles. The first kappa shape index (κ1) is 6.09. The summed E-state index contributed by atoms with van der Waals surface area (Å²) in [7, 11) is 0. The fourth-order valence-electron chi connectivity index (χ4n) is 1.00. The van der Waals surface area contributed by atoms with Crippen LogP contribution >= 0.6 is 0 Å². The number of nitrogens with two attached hydrogens (primary N) is 1. The number of hydrogen-bond acceptors (Lipinski definition) is 3. The van der Waals surface area contributed by atoms with Crippen LogP contribution in [0.4, 0.5) is 0 Å². The van der Waals surface area contributed by atoms with E-state index in [2.05, 4.69) is 5.48 Å². The van der Waals surface area contributed by atoms with Crippen molar-refractivity contribution in [2.45, 2.75) is 0 Å². The van der Waals surface area contributed by atoms with E-state index < -0.39 is 0 Å². The van der Waals surface area contributed by atoms with Crippen molar-refractivity contribution in [1.82, 2.24) is 5.48 Å². The number of benzene rings is 1. The maximum Gasteiger partial charge on any atom is 0.162 e. The van der Waals surface area contributed by atoms with E-state index >= 15 is 0 Å². The van der Waals surface area contributed by atoms with Gasteiger partial charge in [-0.05, 0) is 12.1 Å². The molecule has 0 saturated carbocycles. The molecule has 1 aliphatic heterocycles. The zero-order valence-electron chi connectivity index (χ0n) is 5.87. The van der Waals surface area contributed by atoms with Crippen LogP contribution in [-0.2, 0) is 0 Å². The molecule has 0 saturated heterocycles. The summed E-state index contributed by atoms with van der Waals surface area (Å²) < 4.78 is 0. The van der Waals surface area contributed by atoms with E-state index in [1.165, 1.54) is 0 Å². The second-order valence-corrected chi connectivity index (χ2v) is 2.34. The zero-order chi connectivity index (χ0) is 7.68. The van der Waals surface area contributed by atoms with Crippen LogP contribution in [0.15, 0.2) is 30.1 Å². The molecule has 3 heteroatoms. The van der Waals surface area contributed by atoms with E-state index in [4.69, 9.17) is 10.6 Å². The Morgan fingerprint density at radius 3 is 3.00 bits per heavy atom. The Labute approximate surface area is 64.4 Å². The van der Waals surface area contributed by atoms with Crippen LogP contribution in [0.2, 0.25) is 0 Å². The van der Waals surface area contributed by atoms with Gasteiger partial charge < -0.3 is 10.6 Å². The number of hydrogen-bond donors (Lipinski definition) is 2. The van der Waals surface area contributed by atoms with Crippen molar-refractivity contribution in [1.29, 1.82) is 0 Å². The monoisotopic (exact) mass is 148 g/mol. The van der Waals surface area contributed by atoms with Crippen molar-refractivity contribution >= 4 is 6.08 Å². The Morgan fingerprint density at radius 2 is 2.09 bits per heavy atom. The van der Waals surface area contributed by atoms with E-state index in [0.29, 0.717) is 5.82 Å². The molecule has 0 aliphatic carbocycles. The Morgan fingerprint density at radius 1 is 1.27 bits per heavy atom. The Kier molecular flexibility index (Phi) is 1.22. The first-order valence-electron chi connectivity index (χ1n) is 3.35. The van der Waals surface area contributed by atoms with Gasteiger partial charge in [0, 0.05) is 5.56 Å². The van der Waals surface area contributed by atoms with E-state index in [0.717, 1.165) is 11.3 Å². The second kappa shape index (κ2) is 2.20. The van der Waals surface area contributed by atoms with Crippen LogP contribution in [-0.4, -0.2) is 0 Å². The zero-order valence-corrected chi connectivity index (χ0v) is 5.87. The molecule has 3 nitrogen and oxygen atoms in total. The lowest BCUT2D eigenvalue weighted by atomic mass is 10.2. The number of nitrogens with one attached hydrogen (secondary N) is 1. The maximum atomic E-state index is 5.47. The van der Waals surface area contributed by atoms with Crippen molar-refractivity contribution in [2.75, 3.05) is 0 Å². The van der Waals surface area contributed by atoms with Gasteiger partial charge in [-0.3, -0.25) is 0 Å². The van der Waals surface area contributed by atoms with E-state index in [-0.39, 0.29) is 0 Å². The van der Waals surface area contributed by atoms with E-state index in [9.17, 15) is 0 Å². The molecule has 1 aliphatic rings. The fourth-order valence-corrected chi connectivity index (χ4v) is 1.00. The topological polar surface area (TPSA) is 47.3 Å². The molecule has 0 radical (unpaired) electrons. The van der Waals surface area contributed by atoms with E-state index in [1.54, 1.807) is 0 Å². The van der Waals surface area contributed by atoms with E-state index in [1.807, 2.05) is 30.3 Å². The van der Waals surface area contributed by atoms with Gasteiger partial charge in [0.1, 0.15) is 5.82 Å². The largest absolute Gasteiger partial charge is 0.383 e. The van der Waals surface area contributed by atoms with Crippen molar-refractivity contribution in [2.24, 2.45) is 5.73 Å². The second-order valence-electron chi connectivity index (χ2n) is 2.34. The normalized spacial score (nSPS) is 14.0. The average Bonchev–Trinajstić information content (AvgIpc) is 2.04. The summed E-state index contributed by atoms with van der Waals surface area (Å²) in [5, 5.41) is 0. The average molecular weight is 148 g/mol. The predicted molar refractivity (Wildman–Crippen MR) is 42.4 cm³/mol. The third-order valence-electron chi connectivity index (χ3n) is 1.51. The van der Waals surface area contributed by atoms with Crippen molar-refractivity contribution in [3.05, 3.63) is 35.6 Å². The SMILES string of the molecule is NC1=Cc2ccccc2ON1. The summed E-state index contributed by atoms with van der Waals surface area (Å²) in [5.41, 5.74) is 9.06. The molecular formula is C8H8N2O. The number of para-hydroxylation sites is 1. The molecule has 1 aromatic carbocycles. The van der Waals surface area contributed by atoms with Gasteiger partial charge in [-0.1, -0.05) is 18.2 Å². The summed E-state index contributed by atoms with van der Waals surface area (Å²) in [6, 6.07) is 7.68. The minimum Gasteiger partial charge on any atom is -0.383 e. The molecule has 11 heavy (non-hydrogen) atoms. The summed E-state index contributed by atoms with van der Waals surface area (Å²) in [4.78, 5) is 5.09. The summed E-state index contributed by atoms with van der Waals surface area (Å²) in [6.45, 7) is 0. The van der Waals surface area contributed by atoms with Gasteiger partial charge in [0.25, 0.3) is 0 Å². The highest BCUT2D eigenvalue weighted by atomic mass is 16.6. The lowest BCUT2D eigenvalue weighted by Gasteiger charge is -2.15. The molecule has 3 N–H and O–H groups in total. The molecule has 0 unspecified atom stereocenters. The summed E-state index contributed by atoms with van der Waals surface area (Å²) >= 11 is 0. The van der Waals surface area contributed by atoms with Gasteiger partial charge in [-0.25, -0.2) is 5.48 Å². The van der Waals surface area contributed by atoms with Crippen LogP contribution < -0.4 is 16.1 Å². The van der Waals surface area contributed by atoms with Gasteiger partial charge in [0.05, 0.1) is 0 Å². The maximum absolute atomic E-state index is 5.47. The van der Waals surface area contributed by atoms with Gasteiger partial charge in [-0.15, -0.1) is 0 Å². The third-order valence-corrected chi connectivity index (χ3v) is 1.51.